The second kappa shape index (κ2) is 10.7. The van der Waals surface area contributed by atoms with Crippen LogP contribution in [-0.2, 0) is 4.74 Å². The van der Waals surface area contributed by atoms with E-state index in [4.69, 9.17) is 9.15 Å². The lowest BCUT2D eigenvalue weighted by Crippen LogP contribution is -2.43. The fourth-order valence-electron chi connectivity index (χ4n) is 4.96. The Hall–Kier alpha value is -2.74. The molecule has 8 nitrogen and oxygen atoms in total. The van der Waals surface area contributed by atoms with Gasteiger partial charge in [0.15, 0.2) is 0 Å². The maximum absolute atomic E-state index is 13.2. The van der Waals surface area contributed by atoms with Crippen LogP contribution < -0.4 is 5.32 Å². The number of likely N-dealkylation sites (tertiary alicyclic amines) is 2. The zero-order valence-electron chi connectivity index (χ0n) is 20.7. The zero-order valence-corrected chi connectivity index (χ0v) is 20.7. The van der Waals surface area contributed by atoms with Gasteiger partial charge in [0.1, 0.15) is 17.1 Å². The first-order chi connectivity index (χ1) is 16.3. The molecule has 0 bridgehead atoms. The van der Waals surface area contributed by atoms with Crippen molar-refractivity contribution in [2.24, 2.45) is 0 Å². The van der Waals surface area contributed by atoms with Crippen molar-refractivity contribution in [2.75, 3.05) is 32.7 Å². The van der Waals surface area contributed by atoms with Crippen LogP contribution in [0.3, 0.4) is 0 Å². The van der Waals surface area contributed by atoms with E-state index < -0.39 is 5.60 Å². The zero-order chi connectivity index (χ0) is 24.1. The molecule has 8 heteroatoms. The molecule has 2 aromatic rings. The Bertz CT molecular complexity index is 932. The van der Waals surface area contributed by atoms with Gasteiger partial charge in [-0.15, -0.1) is 0 Å². The molecule has 0 saturated carbocycles. The summed E-state index contributed by atoms with van der Waals surface area (Å²) in [6.45, 7) is 9.43. The van der Waals surface area contributed by atoms with Gasteiger partial charge in [0.2, 0.25) is 0 Å². The lowest BCUT2D eigenvalue weighted by Gasteiger charge is -2.35. The minimum atomic E-state index is -0.499. The molecule has 2 fully saturated rings. The quantitative estimate of drug-likeness (QED) is 0.667. The summed E-state index contributed by atoms with van der Waals surface area (Å²) >= 11 is 0. The first-order valence-corrected chi connectivity index (χ1v) is 12.5. The van der Waals surface area contributed by atoms with Gasteiger partial charge >= 0.3 is 6.09 Å². The van der Waals surface area contributed by atoms with Crippen LogP contribution in [0.25, 0.3) is 0 Å². The first-order valence-electron chi connectivity index (χ1n) is 12.5. The smallest absolute Gasteiger partial charge is 0.410 e. The lowest BCUT2D eigenvalue weighted by atomic mass is 10.0. The molecular formula is C26H38N4O4. The molecule has 1 N–H and O–H groups in total. The van der Waals surface area contributed by atoms with E-state index in [0.717, 1.165) is 31.7 Å². The van der Waals surface area contributed by atoms with Crippen LogP contribution in [-0.4, -0.2) is 64.7 Å². The number of ether oxygens (including phenoxy) is 1. The Labute approximate surface area is 202 Å². The number of hydrogen-bond donors (Lipinski definition) is 1. The molecule has 1 atom stereocenters. The minimum absolute atomic E-state index is 0.0414. The maximum atomic E-state index is 13.2. The summed E-state index contributed by atoms with van der Waals surface area (Å²) in [5.74, 6) is 0.820. The molecule has 0 spiro atoms. The molecule has 0 aromatic carbocycles. The van der Waals surface area contributed by atoms with Gasteiger partial charge in [-0.3, -0.25) is 9.69 Å². The van der Waals surface area contributed by atoms with E-state index in [0.29, 0.717) is 25.3 Å². The monoisotopic (exact) mass is 470 g/mol. The van der Waals surface area contributed by atoms with Crippen molar-refractivity contribution >= 4 is 12.0 Å². The summed E-state index contributed by atoms with van der Waals surface area (Å²) < 4.78 is 13.3. The molecule has 2 saturated heterocycles. The van der Waals surface area contributed by atoms with Crippen molar-refractivity contribution in [3.8, 4) is 0 Å². The Morgan fingerprint density at radius 1 is 1.09 bits per heavy atom. The molecule has 2 aromatic heterocycles. The minimum Gasteiger partial charge on any atom is -0.468 e. The Balaban J connectivity index is 1.36. The normalized spacial score (nSPS) is 19.1. The molecular weight excluding hydrogens is 432 g/mol. The number of carbonyl (C=O) groups is 2. The Kier molecular flexibility index (Phi) is 7.66. The summed E-state index contributed by atoms with van der Waals surface area (Å²) in [5, 5.41) is 3.16. The van der Waals surface area contributed by atoms with Crippen molar-refractivity contribution in [1.82, 2.24) is 19.7 Å². The van der Waals surface area contributed by atoms with E-state index >= 15 is 0 Å². The van der Waals surface area contributed by atoms with Crippen LogP contribution in [0, 0.1) is 0 Å². The van der Waals surface area contributed by atoms with Crippen LogP contribution in [0.4, 0.5) is 4.79 Å². The van der Waals surface area contributed by atoms with Gasteiger partial charge in [-0.2, -0.15) is 0 Å². The third kappa shape index (κ3) is 6.03. The molecule has 0 radical (unpaired) electrons. The molecule has 2 amide bonds. The lowest BCUT2D eigenvalue weighted by molar-refractivity contribution is 0.0187. The van der Waals surface area contributed by atoms with Crippen LogP contribution in [0.2, 0.25) is 0 Å². The second-order valence-corrected chi connectivity index (χ2v) is 10.3. The standard InChI is InChI=1S/C26H38N4O4/c1-26(2,3)34-25(32)29-16-11-20(12-17-29)30-15-7-9-21(30)24(31)27-19-22(23-10-8-18-33-23)28-13-5-4-6-14-28/h7-10,15,18,20,22H,4-6,11-14,16-17,19H2,1-3H3,(H,27,31). The Morgan fingerprint density at radius 3 is 2.47 bits per heavy atom. The molecule has 1 unspecified atom stereocenters. The number of aromatic nitrogens is 1. The predicted molar refractivity (Wildman–Crippen MR) is 130 cm³/mol. The summed E-state index contributed by atoms with van der Waals surface area (Å²) in [6.07, 6.45) is 8.59. The number of nitrogens with one attached hydrogen (secondary N) is 1. The number of rotatable bonds is 6. The third-order valence-corrected chi connectivity index (χ3v) is 6.68. The van der Waals surface area contributed by atoms with Gasteiger partial charge in [-0.25, -0.2) is 4.79 Å². The van der Waals surface area contributed by atoms with E-state index in [1.807, 2.05) is 51.2 Å². The van der Waals surface area contributed by atoms with E-state index in [2.05, 4.69) is 14.8 Å². The van der Waals surface area contributed by atoms with Crippen molar-refractivity contribution in [3.63, 3.8) is 0 Å². The van der Waals surface area contributed by atoms with Gasteiger partial charge < -0.3 is 23.9 Å². The molecule has 0 aliphatic carbocycles. The number of piperidine rings is 2. The highest BCUT2D eigenvalue weighted by molar-refractivity contribution is 5.92. The highest BCUT2D eigenvalue weighted by atomic mass is 16.6. The molecule has 4 heterocycles. The third-order valence-electron chi connectivity index (χ3n) is 6.68. The van der Waals surface area contributed by atoms with Crippen LogP contribution in [0.1, 0.15) is 81.2 Å². The van der Waals surface area contributed by atoms with E-state index in [9.17, 15) is 9.59 Å². The largest absolute Gasteiger partial charge is 0.468 e. The number of amides is 2. The number of carbonyl (C=O) groups excluding carboxylic acids is 2. The van der Waals surface area contributed by atoms with Gasteiger partial charge in [-0.05, 0) is 83.8 Å². The van der Waals surface area contributed by atoms with Crippen molar-refractivity contribution < 1.29 is 18.7 Å². The SMILES string of the molecule is CC(C)(C)OC(=O)N1CCC(n2cccc2C(=O)NCC(c2ccco2)N2CCCCC2)CC1. The number of hydrogen-bond acceptors (Lipinski definition) is 5. The highest BCUT2D eigenvalue weighted by Crippen LogP contribution is 2.27. The van der Waals surface area contributed by atoms with Crippen molar-refractivity contribution in [3.05, 3.63) is 48.2 Å². The topological polar surface area (TPSA) is 80.0 Å². The van der Waals surface area contributed by atoms with Crippen molar-refractivity contribution in [1.29, 1.82) is 0 Å². The number of furan rings is 1. The van der Waals surface area contributed by atoms with Crippen molar-refractivity contribution in [2.45, 2.75) is 70.6 Å². The fraction of sp³-hybridized carbons (Fsp3) is 0.615. The molecule has 186 valence electrons. The van der Waals surface area contributed by atoms with Gasteiger partial charge in [0, 0.05) is 31.9 Å². The van der Waals surface area contributed by atoms with Crippen LogP contribution >= 0.6 is 0 Å². The Morgan fingerprint density at radius 2 is 1.82 bits per heavy atom. The van der Waals surface area contributed by atoms with Crippen LogP contribution in [0.15, 0.2) is 41.1 Å². The predicted octanol–water partition coefficient (Wildman–Crippen LogP) is 4.61. The van der Waals surface area contributed by atoms with E-state index in [1.54, 1.807) is 11.2 Å². The highest BCUT2D eigenvalue weighted by Gasteiger charge is 2.29. The average molecular weight is 471 g/mol. The van der Waals surface area contributed by atoms with E-state index in [1.165, 1.54) is 19.3 Å². The van der Waals surface area contributed by atoms with E-state index in [-0.39, 0.29) is 24.1 Å². The maximum Gasteiger partial charge on any atom is 0.410 e. The van der Waals surface area contributed by atoms with Gasteiger partial charge in [0.05, 0.1) is 12.3 Å². The summed E-state index contributed by atoms with van der Waals surface area (Å²) in [4.78, 5) is 29.7. The first kappa shape index (κ1) is 24.4. The summed E-state index contributed by atoms with van der Waals surface area (Å²) in [5.41, 5.74) is 0.161. The molecule has 34 heavy (non-hydrogen) atoms. The second-order valence-electron chi connectivity index (χ2n) is 10.3. The number of nitrogens with zero attached hydrogens (tertiary/aromatic N) is 3. The average Bonchev–Trinajstić information content (AvgIpc) is 3.51. The fourth-order valence-corrected chi connectivity index (χ4v) is 4.96. The van der Waals surface area contributed by atoms with Gasteiger partial charge in [0.25, 0.3) is 5.91 Å². The molecule has 4 rings (SSSR count). The van der Waals surface area contributed by atoms with Crippen LogP contribution in [0.5, 0.6) is 0 Å². The van der Waals surface area contributed by atoms with Gasteiger partial charge in [-0.1, -0.05) is 6.42 Å². The summed E-state index contributed by atoms with van der Waals surface area (Å²) in [6, 6.07) is 7.91. The molecule has 2 aliphatic heterocycles. The molecule has 2 aliphatic rings. The summed E-state index contributed by atoms with van der Waals surface area (Å²) in [7, 11) is 0.